The van der Waals surface area contributed by atoms with Crippen LogP contribution >= 0.6 is 0 Å². The molecule has 3 nitrogen and oxygen atoms in total. The van der Waals surface area contributed by atoms with Gasteiger partial charge in [-0.1, -0.05) is 18.2 Å². The van der Waals surface area contributed by atoms with Crippen molar-refractivity contribution in [3.05, 3.63) is 59.9 Å². The minimum atomic E-state index is 0.752. The molecular weight excluding hydrogens is 260 g/mol. The van der Waals surface area contributed by atoms with Crippen molar-refractivity contribution >= 4 is 0 Å². The quantitative estimate of drug-likeness (QED) is 0.842. The Bertz CT molecular complexity index is 553. The van der Waals surface area contributed by atoms with Crippen molar-refractivity contribution in [1.29, 1.82) is 0 Å². The molecular formula is C18H22N2O. The zero-order chi connectivity index (χ0) is 14.5. The Morgan fingerprint density at radius 3 is 2.76 bits per heavy atom. The van der Waals surface area contributed by atoms with Crippen LogP contribution in [-0.2, 0) is 13.0 Å². The molecule has 0 bridgehead atoms. The Labute approximate surface area is 126 Å². The minimum Gasteiger partial charge on any atom is -0.497 e. The first kappa shape index (κ1) is 14.1. The predicted molar refractivity (Wildman–Crippen MR) is 84.3 cm³/mol. The number of pyridine rings is 1. The summed E-state index contributed by atoms with van der Waals surface area (Å²) in [7, 11) is 1.71. The molecule has 3 rings (SSSR count). The third-order valence-corrected chi connectivity index (χ3v) is 4.17. The van der Waals surface area contributed by atoms with E-state index in [1.54, 1.807) is 7.11 Å². The van der Waals surface area contributed by atoms with Gasteiger partial charge in [-0.2, -0.15) is 0 Å². The molecule has 3 heteroatoms. The first-order valence-electron chi connectivity index (χ1n) is 7.58. The van der Waals surface area contributed by atoms with Gasteiger partial charge in [0.1, 0.15) is 5.75 Å². The van der Waals surface area contributed by atoms with Gasteiger partial charge in [0.25, 0.3) is 0 Å². The molecule has 2 aromatic rings. The molecule has 1 saturated heterocycles. The van der Waals surface area contributed by atoms with E-state index in [1.165, 1.54) is 30.8 Å². The maximum absolute atomic E-state index is 5.21. The first-order valence-corrected chi connectivity index (χ1v) is 7.58. The van der Waals surface area contributed by atoms with E-state index in [-0.39, 0.29) is 0 Å². The lowest BCUT2D eigenvalue weighted by Crippen LogP contribution is -2.21. The van der Waals surface area contributed by atoms with Crippen LogP contribution in [0.4, 0.5) is 0 Å². The molecule has 0 aliphatic carbocycles. The third kappa shape index (κ3) is 3.82. The average Bonchev–Trinajstić information content (AvgIpc) is 2.96. The molecule has 0 amide bonds. The van der Waals surface area contributed by atoms with Gasteiger partial charge in [0.15, 0.2) is 0 Å². The second kappa shape index (κ2) is 6.72. The average molecular weight is 282 g/mol. The van der Waals surface area contributed by atoms with Gasteiger partial charge in [0, 0.05) is 19.3 Å². The second-order valence-electron chi connectivity index (χ2n) is 5.76. The Hall–Kier alpha value is -1.87. The highest BCUT2D eigenvalue weighted by molar-refractivity contribution is 5.27. The van der Waals surface area contributed by atoms with Crippen LogP contribution in [0.3, 0.4) is 0 Å². The zero-order valence-corrected chi connectivity index (χ0v) is 12.5. The number of likely N-dealkylation sites (tertiary alicyclic amines) is 1. The summed E-state index contributed by atoms with van der Waals surface area (Å²) in [6.07, 6.45) is 4.31. The number of nitrogens with zero attached hydrogens (tertiary/aromatic N) is 2. The molecule has 1 aliphatic heterocycles. The summed E-state index contributed by atoms with van der Waals surface area (Å²) in [5.74, 6) is 1.68. The van der Waals surface area contributed by atoms with Gasteiger partial charge in [-0.25, -0.2) is 0 Å². The van der Waals surface area contributed by atoms with Crippen LogP contribution in [-0.4, -0.2) is 30.1 Å². The Balaban J connectivity index is 1.52. The SMILES string of the molecule is COc1ccc(CC2CCN(Cc3ccccn3)C2)cc1. The Morgan fingerprint density at radius 1 is 1.19 bits per heavy atom. The van der Waals surface area contributed by atoms with E-state index in [2.05, 4.69) is 46.3 Å². The van der Waals surface area contributed by atoms with Crippen LogP contribution in [0.5, 0.6) is 5.75 Å². The van der Waals surface area contributed by atoms with Crippen LogP contribution in [0.1, 0.15) is 17.7 Å². The largest absolute Gasteiger partial charge is 0.497 e. The molecule has 21 heavy (non-hydrogen) atoms. The molecule has 1 aliphatic rings. The summed E-state index contributed by atoms with van der Waals surface area (Å²) in [4.78, 5) is 6.93. The number of rotatable bonds is 5. The van der Waals surface area contributed by atoms with E-state index >= 15 is 0 Å². The Morgan fingerprint density at radius 2 is 2.05 bits per heavy atom. The molecule has 0 saturated carbocycles. The van der Waals surface area contributed by atoms with E-state index in [4.69, 9.17) is 4.74 Å². The maximum Gasteiger partial charge on any atom is 0.118 e. The van der Waals surface area contributed by atoms with Gasteiger partial charge in [-0.05, 0) is 55.1 Å². The molecule has 1 fully saturated rings. The van der Waals surface area contributed by atoms with E-state index < -0.39 is 0 Å². The first-order chi connectivity index (χ1) is 10.3. The van der Waals surface area contributed by atoms with Crippen LogP contribution in [0.2, 0.25) is 0 Å². The smallest absolute Gasteiger partial charge is 0.118 e. The summed E-state index contributed by atoms with van der Waals surface area (Å²) in [5, 5.41) is 0. The summed E-state index contributed by atoms with van der Waals surface area (Å²) in [6, 6.07) is 14.6. The topological polar surface area (TPSA) is 25.4 Å². The third-order valence-electron chi connectivity index (χ3n) is 4.17. The molecule has 110 valence electrons. The number of methoxy groups -OCH3 is 1. The highest BCUT2D eigenvalue weighted by atomic mass is 16.5. The van der Waals surface area contributed by atoms with E-state index in [0.717, 1.165) is 24.6 Å². The fourth-order valence-corrected chi connectivity index (χ4v) is 3.04. The molecule has 1 unspecified atom stereocenters. The van der Waals surface area contributed by atoms with Gasteiger partial charge in [-0.3, -0.25) is 9.88 Å². The van der Waals surface area contributed by atoms with E-state index in [0.29, 0.717) is 0 Å². The number of ether oxygens (including phenoxy) is 1. The van der Waals surface area contributed by atoms with Crippen molar-refractivity contribution in [3.8, 4) is 5.75 Å². The lowest BCUT2D eigenvalue weighted by Gasteiger charge is -2.15. The monoisotopic (exact) mass is 282 g/mol. The molecule has 0 spiro atoms. The fraction of sp³-hybridized carbons (Fsp3) is 0.389. The lowest BCUT2D eigenvalue weighted by molar-refractivity contribution is 0.312. The van der Waals surface area contributed by atoms with E-state index in [9.17, 15) is 0 Å². The van der Waals surface area contributed by atoms with Gasteiger partial charge in [0.05, 0.1) is 12.8 Å². The summed E-state index contributed by atoms with van der Waals surface area (Å²) in [6.45, 7) is 3.32. The Kier molecular flexibility index (Phi) is 4.51. The van der Waals surface area contributed by atoms with Gasteiger partial charge in [-0.15, -0.1) is 0 Å². The van der Waals surface area contributed by atoms with Gasteiger partial charge >= 0.3 is 0 Å². The number of hydrogen-bond acceptors (Lipinski definition) is 3. The summed E-state index contributed by atoms with van der Waals surface area (Å²) < 4.78 is 5.21. The van der Waals surface area contributed by atoms with Crippen LogP contribution in [0.15, 0.2) is 48.7 Å². The van der Waals surface area contributed by atoms with Crippen LogP contribution in [0.25, 0.3) is 0 Å². The number of benzene rings is 1. The molecule has 0 N–H and O–H groups in total. The van der Waals surface area contributed by atoms with Crippen molar-refractivity contribution in [3.63, 3.8) is 0 Å². The fourth-order valence-electron chi connectivity index (χ4n) is 3.04. The van der Waals surface area contributed by atoms with Gasteiger partial charge < -0.3 is 4.74 Å². The molecule has 0 radical (unpaired) electrons. The normalized spacial score (nSPS) is 18.8. The molecule has 2 heterocycles. The standard InChI is InChI=1S/C18H22N2O/c1-21-18-7-5-15(6-8-18)12-16-9-11-20(13-16)14-17-4-2-3-10-19-17/h2-8,10,16H,9,11-14H2,1H3. The molecule has 1 atom stereocenters. The van der Waals surface area contributed by atoms with E-state index in [1.807, 2.05) is 12.3 Å². The predicted octanol–water partition coefficient (Wildman–Crippen LogP) is 3.15. The van der Waals surface area contributed by atoms with Crippen molar-refractivity contribution < 1.29 is 4.74 Å². The van der Waals surface area contributed by atoms with Crippen LogP contribution in [0, 0.1) is 5.92 Å². The number of aromatic nitrogens is 1. The zero-order valence-electron chi connectivity index (χ0n) is 12.5. The highest BCUT2D eigenvalue weighted by Crippen LogP contribution is 2.23. The second-order valence-corrected chi connectivity index (χ2v) is 5.76. The lowest BCUT2D eigenvalue weighted by atomic mass is 9.99. The highest BCUT2D eigenvalue weighted by Gasteiger charge is 2.22. The summed E-state index contributed by atoms with van der Waals surface area (Å²) in [5.41, 5.74) is 2.57. The van der Waals surface area contributed by atoms with Crippen molar-refractivity contribution in [2.45, 2.75) is 19.4 Å². The van der Waals surface area contributed by atoms with Gasteiger partial charge in [0.2, 0.25) is 0 Å². The molecule has 1 aromatic heterocycles. The number of hydrogen-bond donors (Lipinski definition) is 0. The summed E-state index contributed by atoms with van der Waals surface area (Å²) >= 11 is 0. The maximum atomic E-state index is 5.21. The van der Waals surface area contributed by atoms with Crippen molar-refractivity contribution in [2.75, 3.05) is 20.2 Å². The minimum absolute atomic E-state index is 0.752. The van der Waals surface area contributed by atoms with Crippen LogP contribution < -0.4 is 4.74 Å². The molecule has 1 aromatic carbocycles. The van der Waals surface area contributed by atoms with Crippen molar-refractivity contribution in [2.24, 2.45) is 5.92 Å². The van der Waals surface area contributed by atoms with Crippen molar-refractivity contribution in [1.82, 2.24) is 9.88 Å².